The van der Waals surface area contributed by atoms with Crippen LogP contribution in [0.4, 0.5) is 0 Å². The van der Waals surface area contributed by atoms with Crippen molar-refractivity contribution in [2.45, 2.75) is 26.3 Å². The van der Waals surface area contributed by atoms with E-state index in [9.17, 15) is 9.59 Å². The van der Waals surface area contributed by atoms with Crippen LogP contribution in [0.1, 0.15) is 28.4 Å². The van der Waals surface area contributed by atoms with Gasteiger partial charge in [0.05, 0.1) is 6.04 Å². The lowest BCUT2D eigenvalue weighted by molar-refractivity contribution is -0.119. The van der Waals surface area contributed by atoms with Gasteiger partial charge in [0, 0.05) is 18.9 Å². The molecule has 0 radical (unpaired) electrons. The molecule has 0 spiro atoms. The minimum absolute atomic E-state index is 0.0314. The molecule has 1 aliphatic carbocycles. The number of carbonyl (C=O) groups is 2. The molecule has 0 unspecified atom stereocenters. The topological polar surface area (TPSA) is 46.2 Å². The average Bonchev–Trinajstić information content (AvgIpc) is 2.46. The fourth-order valence-electron chi connectivity index (χ4n) is 2.05. The molecular weight excluding hydrogens is 190 g/mol. The highest BCUT2D eigenvalue weighted by molar-refractivity contribution is 6.06. The first kappa shape index (κ1) is 9.90. The fourth-order valence-corrected chi connectivity index (χ4v) is 2.05. The maximum Gasteiger partial charge on any atom is 0.217 e. The summed E-state index contributed by atoms with van der Waals surface area (Å²) in [6.07, 6.45) is 0.625. The molecule has 1 N–H and O–H groups in total. The third-order valence-corrected chi connectivity index (χ3v) is 2.78. The van der Waals surface area contributed by atoms with Gasteiger partial charge in [-0.25, -0.2) is 0 Å². The number of aryl methyl sites for hydroxylation is 1. The van der Waals surface area contributed by atoms with E-state index in [1.165, 1.54) is 6.92 Å². The molecule has 3 heteroatoms. The molecule has 0 heterocycles. The molecule has 3 nitrogen and oxygen atoms in total. The molecule has 2 rings (SSSR count). The van der Waals surface area contributed by atoms with Crippen LogP contribution in [-0.2, 0) is 11.2 Å². The molecule has 1 aromatic rings. The van der Waals surface area contributed by atoms with Gasteiger partial charge in [-0.05, 0) is 18.1 Å². The molecule has 0 saturated heterocycles. The summed E-state index contributed by atoms with van der Waals surface area (Å²) in [5.41, 5.74) is 2.95. The normalized spacial score (nSPS) is 18.8. The highest BCUT2D eigenvalue weighted by atomic mass is 16.2. The summed E-state index contributed by atoms with van der Waals surface area (Å²) >= 11 is 0. The molecule has 1 amide bonds. The predicted molar refractivity (Wildman–Crippen MR) is 56.8 cm³/mol. The number of amides is 1. The van der Waals surface area contributed by atoms with E-state index in [0.717, 1.165) is 16.7 Å². The number of hydrogen-bond acceptors (Lipinski definition) is 2. The summed E-state index contributed by atoms with van der Waals surface area (Å²) in [6, 6.07) is 5.33. The number of fused-ring (bicyclic) bond motifs is 1. The van der Waals surface area contributed by atoms with Gasteiger partial charge in [-0.3, -0.25) is 9.59 Å². The Kier molecular flexibility index (Phi) is 2.31. The van der Waals surface area contributed by atoms with E-state index < -0.39 is 0 Å². The lowest BCUT2D eigenvalue weighted by atomic mass is 10.1. The number of Topliss-reactive ketones (excluding diaryl/α,β-unsaturated/α-hetero) is 1. The maximum absolute atomic E-state index is 11.9. The fraction of sp³-hybridized carbons (Fsp3) is 0.333. The lowest BCUT2D eigenvalue weighted by Gasteiger charge is -2.07. The van der Waals surface area contributed by atoms with Crippen LogP contribution in [0.2, 0.25) is 0 Å². The van der Waals surface area contributed by atoms with Gasteiger partial charge in [0.25, 0.3) is 0 Å². The third-order valence-electron chi connectivity index (χ3n) is 2.78. The molecule has 0 fully saturated rings. The smallest absolute Gasteiger partial charge is 0.217 e. The van der Waals surface area contributed by atoms with Crippen molar-refractivity contribution in [3.8, 4) is 0 Å². The monoisotopic (exact) mass is 203 g/mol. The highest BCUT2D eigenvalue weighted by Gasteiger charge is 2.31. The van der Waals surface area contributed by atoms with E-state index in [-0.39, 0.29) is 17.7 Å². The number of rotatable bonds is 1. The Balaban J connectivity index is 2.33. The van der Waals surface area contributed by atoms with E-state index >= 15 is 0 Å². The molecule has 0 aromatic heterocycles. The highest BCUT2D eigenvalue weighted by Crippen LogP contribution is 2.25. The molecular formula is C12H13NO2. The van der Waals surface area contributed by atoms with Gasteiger partial charge in [-0.1, -0.05) is 18.2 Å². The van der Waals surface area contributed by atoms with E-state index in [4.69, 9.17) is 0 Å². The lowest BCUT2D eigenvalue weighted by Crippen LogP contribution is -2.37. The van der Waals surface area contributed by atoms with Crippen LogP contribution in [0.15, 0.2) is 18.2 Å². The number of hydrogen-bond donors (Lipinski definition) is 1. The van der Waals surface area contributed by atoms with Crippen molar-refractivity contribution in [3.63, 3.8) is 0 Å². The van der Waals surface area contributed by atoms with Gasteiger partial charge in [0.1, 0.15) is 0 Å². The Morgan fingerprint density at radius 2 is 2.20 bits per heavy atom. The van der Waals surface area contributed by atoms with Crippen LogP contribution in [0.3, 0.4) is 0 Å². The second kappa shape index (κ2) is 3.50. The van der Waals surface area contributed by atoms with Crippen molar-refractivity contribution in [3.05, 3.63) is 34.9 Å². The van der Waals surface area contributed by atoms with E-state index in [1.807, 2.05) is 25.1 Å². The van der Waals surface area contributed by atoms with E-state index in [2.05, 4.69) is 5.32 Å². The van der Waals surface area contributed by atoms with Crippen molar-refractivity contribution in [2.75, 3.05) is 0 Å². The number of ketones is 1. The average molecular weight is 203 g/mol. The number of benzene rings is 1. The van der Waals surface area contributed by atoms with Gasteiger partial charge in [-0.2, -0.15) is 0 Å². The quantitative estimate of drug-likeness (QED) is 0.746. The summed E-state index contributed by atoms with van der Waals surface area (Å²) in [7, 11) is 0. The summed E-state index contributed by atoms with van der Waals surface area (Å²) in [5, 5.41) is 2.68. The zero-order valence-corrected chi connectivity index (χ0v) is 8.83. The molecule has 0 saturated carbocycles. The first-order chi connectivity index (χ1) is 7.09. The van der Waals surface area contributed by atoms with Crippen LogP contribution >= 0.6 is 0 Å². The Bertz CT molecular complexity index is 437. The number of carbonyl (C=O) groups excluding carboxylic acids is 2. The van der Waals surface area contributed by atoms with Crippen LogP contribution in [0.25, 0.3) is 0 Å². The van der Waals surface area contributed by atoms with Crippen molar-refractivity contribution < 1.29 is 9.59 Å². The van der Waals surface area contributed by atoms with Gasteiger partial charge >= 0.3 is 0 Å². The summed E-state index contributed by atoms with van der Waals surface area (Å²) in [5.74, 6) is -0.122. The van der Waals surface area contributed by atoms with Crippen LogP contribution in [-0.4, -0.2) is 17.7 Å². The Labute approximate surface area is 88.5 Å². The molecule has 15 heavy (non-hydrogen) atoms. The molecule has 1 aromatic carbocycles. The standard InChI is InChI=1S/C12H13NO2/c1-7-4-3-5-9-10(7)6-11(12(9)15)13-8(2)14/h3-5,11H,6H2,1-2H3,(H,13,14)/t11-/m0/s1. The third kappa shape index (κ3) is 1.65. The second-order valence-corrected chi connectivity index (χ2v) is 3.92. The van der Waals surface area contributed by atoms with Gasteiger partial charge in [0.15, 0.2) is 5.78 Å². The van der Waals surface area contributed by atoms with Crippen LogP contribution < -0.4 is 5.32 Å². The summed E-state index contributed by atoms with van der Waals surface area (Å²) in [6.45, 7) is 3.42. The van der Waals surface area contributed by atoms with E-state index in [1.54, 1.807) is 0 Å². The summed E-state index contributed by atoms with van der Waals surface area (Å²) in [4.78, 5) is 22.8. The Hall–Kier alpha value is -1.64. The van der Waals surface area contributed by atoms with Crippen molar-refractivity contribution in [2.24, 2.45) is 0 Å². The van der Waals surface area contributed by atoms with E-state index in [0.29, 0.717) is 6.42 Å². The van der Waals surface area contributed by atoms with Crippen LogP contribution in [0, 0.1) is 6.92 Å². The van der Waals surface area contributed by atoms with Crippen molar-refractivity contribution in [1.29, 1.82) is 0 Å². The van der Waals surface area contributed by atoms with Gasteiger partial charge in [0.2, 0.25) is 5.91 Å². The summed E-state index contributed by atoms with van der Waals surface area (Å²) < 4.78 is 0. The van der Waals surface area contributed by atoms with Gasteiger partial charge in [-0.15, -0.1) is 0 Å². The second-order valence-electron chi connectivity index (χ2n) is 3.92. The minimum Gasteiger partial charge on any atom is -0.346 e. The molecule has 0 aliphatic heterocycles. The first-order valence-electron chi connectivity index (χ1n) is 4.99. The Morgan fingerprint density at radius 3 is 2.80 bits per heavy atom. The zero-order chi connectivity index (χ0) is 11.0. The van der Waals surface area contributed by atoms with Crippen LogP contribution in [0.5, 0.6) is 0 Å². The molecule has 1 atom stereocenters. The Morgan fingerprint density at radius 1 is 1.47 bits per heavy atom. The molecule has 0 bridgehead atoms. The first-order valence-corrected chi connectivity index (χ1v) is 4.99. The zero-order valence-electron chi connectivity index (χ0n) is 8.83. The molecule has 78 valence electrons. The maximum atomic E-state index is 11.9. The van der Waals surface area contributed by atoms with Crippen molar-refractivity contribution >= 4 is 11.7 Å². The molecule has 1 aliphatic rings. The minimum atomic E-state index is -0.362. The van der Waals surface area contributed by atoms with Gasteiger partial charge < -0.3 is 5.32 Å². The SMILES string of the molecule is CC(=O)N[C@H]1Cc2c(C)cccc2C1=O. The van der Waals surface area contributed by atoms with Crippen molar-refractivity contribution in [1.82, 2.24) is 5.32 Å². The largest absolute Gasteiger partial charge is 0.346 e. The predicted octanol–water partition coefficient (Wildman–Crippen LogP) is 1.24. The number of nitrogens with one attached hydrogen (secondary N) is 1.